The molecule has 29 heavy (non-hydrogen) atoms. The lowest BCUT2D eigenvalue weighted by Crippen LogP contribution is -2.18. The third-order valence-corrected chi connectivity index (χ3v) is 6.05. The molecule has 7 nitrogen and oxygen atoms in total. The van der Waals surface area contributed by atoms with Gasteiger partial charge in [0.1, 0.15) is 15.4 Å². The Morgan fingerprint density at radius 1 is 1.45 bits per heavy atom. The third-order valence-electron chi connectivity index (χ3n) is 4.67. The molecule has 0 unspecified atom stereocenters. The topological polar surface area (TPSA) is 103 Å². The van der Waals surface area contributed by atoms with Crippen molar-refractivity contribution in [2.24, 2.45) is 5.73 Å². The summed E-state index contributed by atoms with van der Waals surface area (Å²) in [4.78, 5) is 29.1. The van der Waals surface area contributed by atoms with Crippen molar-refractivity contribution in [3.8, 4) is 0 Å². The number of pyridine rings is 1. The van der Waals surface area contributed by atoms with Gasteiger partial charge in [-0.25, -0.2) is 13.8 Å². The number of halogens is 3. The van der Waals surface area contributed by atoms with Crippen LogP contribution in [0, 0.1) is 0 Å². The van der Waals surface area contributed by atoms with Gasteiger partial charge in [0.05, 0.1) is 10.7 Å². The molecule has 3 aromatic heterocycles. The van der Waals surface area contributed by atoms with Crippen LogP contribution in [0.25, 0.3) is 10.2 Å². The Bertz CT molecular complexity index is 1140. The Morgan fingerprint density at radius 3 is 2.72 bits per heavy atom. The van der Waals surface area contributed by atoms with Crippen molar-refractivity contribution in [1.29, 1.82) is 0 Å². The summed E-state index contributed by atoms with van der Waals surface area (Å²) in [5, 5.41) is 7.40. The van der Waals surface area contributed by atoms with Gasteiger partial charge >= 0.3 is 0 Å². The predicted octanol–water partition coefficient (Wildman–Crippen LogP) is 4.33. The number of nitrogens with zero attached hydrogens (tertiary/aromatic N) is 3. The van der Waals surface area contributed by atoms with Crippen LogP contribution in [-0.4, -0.2) is 26.6 Å². The number of rotatable bonds is 6. The van der Waals surface area contributed by atoms with E-state index in [2.05, 4.69) is 15.4 Å². The van der Waals surface area contributed by atoms with Crippen molar-refractivity contribution < 1.29 is 18.4 Å². The van der Waals surface area contributed by atoms with Gasteiger partial charge in [-0.2, -0.15) is 5.10 Å². The maximum Gasteiger partial charge on any atom is 0.280 e. The van der Waals surface area contributed by atoms with Crippen LogP contribution in [0.3, 0.4) is 0 Å². The van der Waals surface area contributed by atoms with Crippen molar-refractivity contribution in [3.63, 3.8) is 0 Å². The van der Waals surface area contributed by atoms with Gasteiger partial charge in [-0.3, -0.25) is 14.3 Å². The fourth-order valence-corrected chi connectivity index (χ4v) is 4.41. The maximum atomic E-state index is 13.3. The number of anilines is 1. The van der Waals surface area contributed by atoms with Gasteiger partial charge < -0.3 is 11.1 Å². The average molecular weight is 440 g/mol. The zero-order chi connectivity index (χ0) is 20.9. The third kappa shape index (κ3) is 3.58. The number of fused-ring (bicyclic) bond motifs is 1. The lowest BCUT2D eigenvalue weighted by atomic mass is 10.0. The number of amides is 2. The fourth-order valence-electron chi connectivity index (χ4n) is 3.15. The number of carbonyl (C=O) groups excluding carboxylic acids is 2. The van der Waals surface area contributed by atoms with E-state index in [-0.39, 0.29) is 37.7 Å². The summed E-state index contributed by atoms with van der Waals surface area (Å²) in [7, 11) is 0. The molecule has 3 aromatic rings. The molecule has 0 atom stereocenters. The molecule has 0 saturated heterocycles. The Morgan fingerprint density at radius 2 is 2.17 bits per heavy atom. The summed E-state index contributed by atoms with van der Waals surface area (Å²) in [5.74, 6) is -1.33. The first-order valence-electron chi connectivity index (χ1n) is 8.89. The standard InChI is InChI=1S/C18H16ClF2N5O2S/c1-2-26-6-9(19)12(25-26)17(28)24-13-11-8(7-3-4-7)5-10(15(20)21)23-18(11)29-14(13)16(22)27/h5-7,15H,2-4H2,1H3,(H2,22,27)(H,24,28). The maximum absolute atomic E-state index is 13.3. The van der Waals surface area contributed by atoms with E-state index in [1.54, 1.807) is 0 Å². The SMILES string of the molecule is CCn1cc(Cl)c(C(=O)Nc2c(C(N)=O)sc3nc(C(F)F)cc(C4CC4)c23)n1. The molecule has 11 heteroatoms. The molecule has 1 aliphatic rings. The number of carbonyl (C=O) groups is 2. The van der Waals surface area contributed by atoms with Gasteiger partial charge in [0.15, 0.2) is 5.69 Å². The Kier molecular flexibility index (Phi) is 4.99. The molecule has 0 bridgehead atoms. The molecule has 0 aliphatic heterocycles. The molecule has 4 rings (SSSR count). The molecule has 1 saturated carbocycles. The number of hydrogen-bond acceptors (Lipinski definition) is 5. The molecule has 3 heterocycles. The van der Waals surface area contributed by atoms with Crippen LogP contribution in [0.1, 0.15) is 63.5 Å². The second-order valence-corrected chi connectivity index (χ2v) is 8.10. The van der Waals surface area contributed by atoms with Crippen molar-refractivity contribution in [2.45, 2.75) is 38.7 Å². The number of primary amides is 1. The largest absolute Gasteiger partial charge is 0.365 e. The van der Waals surface area contributed by atoms with E-state index in [1.165, 1.54) is 16.9 Å². The van der Waals surface area contributed by atoms with E-state index >= 15 is 0 Å². The minimum atomic E-state index is -2.74. The smallest absolute Gasteiger partial charge is 0.280 e. The van der Waals surface area contributed by atoms with Gasteiger partial charge in [-0.05, 0) is 37.3 Å². The molecule has 2 amide bonds. The minimum Gasteiger partial charge on any atom is -0.365 e. The van der Waals surface area contributed by atoms with E-state index in [0.29, 0.717) is 17.5 Å². The van der Waals surface area contributed by atoms with Crippen LogP contribution >= 0.6 is 22.9 Å². The monoisotopic (exact) mass is 439 g/mol. The molecular formula is C18H16ClF2N5O2S. The molecular weight excluding hydrogens is 424 g/mol. The van der Waals surface area contributed by atoms with Gasteiger partial charge in [0, 0.05) is 18.1 Å². The lowest BCUT2D eigenvalue weighted by Gasteiger charge is -2.09. The van der Waals surface area contributed by atoms with Crippen molar-refractivity contribution >= 4 is 50.7 Å². The fraction of sp³-hybridized carbons (Fsp3) is 0.333. The highest BCUT2D eigenvalue weighted by Crippen LogP contribution is 2.48. The highest BCUT2D eigenvalue weighted by molar-refractivity contribution is 7.21. The summed E-state index contributed by atoms with van der Waals surface area (Å²) < 4.78 is 28.1. The Hall–Kier alpha value is -2.59. The molecule has 1 fully saturated rings. The van der Waals surface area contributed by atoms with Gasteiger partial charge in [0.25, 0.3) is 18.2 Å². The van der Waals surface area contributed by atoms with Crippen molar-refractivity contribution in [2.75, 3.05) is 5.32 Å². The second kappa shape index (κ2) is 7.34. The molecule has 3 N–H and O–H groups in total. The van der Waals surface area contributed by atoms with Gasteiger partial charge in [-0.15, -0.1) is 11.3 Å². The number of nitrogens with one attached hydrogen (secondary N) is 1. The van der Waals surface area contributed by atoms with E-state index in [9.17, 15) is 18.4 Å². The van der Waals surface area contributed by atoms with E-state index in [4.69, 9.17) is 17.3 Å². The number of alkyl halides is 2. The summed E-state index contributed by atoms with van der Waals surface area (Å²) in [6.45, 7) is 2.36. The van der Waals surface area contributed by atoms with Crippen LogP contribution < -0.4 is 11.1 Å². The first-order chi connectivity index (χ1) is 13.8. The van der Waals surface area contributed by atoms with E-state index in [0.717, 1.165) is 24.2 Å². The van der Waals surface area contributed by atoms with Gasteiger partial charge in [-0.1, -0.05) is 11.6 Å². The number of nitrogens with two attached hydrogens (primary N) is 1. The lowest BCUT2D eigenvalue weighted by molar-refractivity contribution is 0.100. The van der Waals surface area contributed by atoms with Gasteiger partial charge in [0.2, 0.25) is 0 Å². The zero-order valence-corrected chi connectivity index (χ0v) is 16.8. The number of hydrogen-bond donors (Lipinski definition) is 2. The van der Waals surface area contributed by atoms with Crippen LogP contribution in [0.4, 0.5) is 14.5 Å². The number of aryl methyl sites for hydroxylation is 1. The summed E-state index contributed by atoms with van der Waals surface area (Å²) >= 11 is 6.98. The Labute approximate surface area is 172 Å². The molecule has 0 radical (unpaired) electrons. The molecule has 1 aliphatic carbocycles. The first-order valence-corrected chi connectivity index (χ1v) is 10.1. The van der Waals surface area contributed by atoms with Crippen LogP contribution in [-0.2, 0) is 6.54 Å². The van der Waals surface area contributed by atoms with Crippen molar-refractivity contribution in [3.05, 3.63) is 39.1 Å². The van der Waals surface area contributed by atoms with Crippen LogP contribution in [0.5, 0.6) is 0 Å². The van der Waals surface area contributed by atoms with E-state index < -0.39 is 18.2 Å². The highest BCUT2D eigenvalue weighted by atomic mass is 35.5. The second-order valence-electron chi connectivity index (χ2n) is 6.70. The van der Waals surface area contributed by atoms with Crippen LogP contribution in [0.15, 0.2) is 12.3 Å². The average Bonchev–Trinajstić information content (AvgIpc) is 3.36. The minimum absolute atomic E-state index is 0.00609. The Balaban J connectivity index is 1.86. The summed E-state index contributed by atoms with van der Waals surface area (Å²) in [6.07, 6.45) is 0.447. The number of thiophene rings is 1. The van der Waals surface area contributed by atoms with Crippen LogP contribution in [0.2, 0.25) is 5.02 Å². The normalized spacial score (nSPS) is 14.0. The van der Waals surface area contributed by atoms with E-state index in [1.807, 2.05) is 6.92 Å². The molecule has 0 aromatic carbocycles. The molecule has 152 valence electrons. The molecule has 0 spiro atoms. The first kappa shape index (κ1) is 19.7. The van der Waals surface area contributed by atoms with Crippen molar-refractivity contribution in [1.82, 2.24) is 14.8 Å². The quantitative estimate of drug-likeness (QED) is 0.596. The highest BCUT2D eigenvalue weighted by Gasteiger charge is 2.32. The summed E-state index contributed by atoms with van der Waals surface area (Å²) in [6, 6.07) is 1.34. The number of aromatic nitrogens is 3. The predicted molar refractivity (Wildman–Crippen MR) is 106 cm³/mol. The summed E-state index contributed by atoms with van der Waals surface area (Å²) in [5.41, 5.74) is 5.92. The zero-order valence-electron chi connectivity index (χ0n) is 15.2.